The molecular weight excluding hydrogens is 1090 g/mol. The van der Waals surface area contributed by atoms with E-state index in [1.165, 1.54) is 6.92 Å². The molecule has 37 heteroatoms. The number of hydrogen-bond donors (Lipinski definition) is 10. The van der Waals surface area contributed by atoms with E-state index < -0.39 is 102 Å². The summed E-state index contributed by atoms with van der Waals surface area (Å²) in [5.74, 6) is -7.20. The highest BCUT2D eigenvalue weighted by molar-refractivity contribution is 5.97. The Labute approximate surface area is 478 Å². The lowest BCUT2D eigenvalue weighted by atomic mass is 10.0. The van der Waals surface area contributed by atoms with Gasteiger partial charge in [0.2, 0.25) is 53.2 Å². The first-order valence-corrected chi connectivity index (χ1v) is 27.4. The summed E-state index contributed by atoms with van der Waals surface area (Å²) in [6.07, 6.45) is 4.07. The number of unbranched alkanes of at least 4 members (excludes halogenated alkanes) is 7. The molecule has 0 aromatic heterocycles. The van der Waals surface area contributed by atoms with Gasteiger partial charge in [0.15, 0.2) is 0 Å². The minimum atomic E-state index is -1.44. The number of amides is 9. The van der Waals surface area contributed by atoms with Crippen molar-refractivity contribution in [2.75, 3.05) is 52.4 Å². The third kappa shape index (κ3) is 37.6. The van der Waals surface area contributed by atoms with Crippen LogP contribution in [0.15, 0.2) is 30.7 Å². The quantitative estimate of drug-likeness (QED) is 0.0181. The van der Waals surface area contributed by atoms with Crippen LogP contribution in [0.4, 0.5) is 0 Å². The summed E-state index contributed by atoms with van der Waals surface area (Å²) in [5, 5.41) is 41.7. The van der Waals surface area contributed by atoms with Gasteiger partial charge in [-0.1, -0.05) is 69.2 Å². The second-order valence-corrected chi connectivity index (χ2v) is 18.8. The Hall–Kier alpha value is -8.95. The van der Waals surface area contributed by atoms with Crippen LogP contribution in [0.25, 0.3) is 62.7 Å². The molecule has 0 aliphatic carbocycles. The van der Waals surface area contributed by atoms with E-state index in [4.69, 9.17) is 44.7 Å². The van der Waals surface area contributed by atoms with Crippen molar-refractivity contribution in [1.82, 2.24) is 42.5 Å². The minimum Gasteiger partial charge on any atom is -0.368 e. The molecule has 83 heavy (non-hydrogen) atoms. The van der Waals surface area contributed by atoms with Crippen LogP contribution in [-0.4, -0.2) is 148 Å². The lowest BCUT2D eigenvalue weighted by molar-refractivity contribution is -0.136. The topological polar surface area (TPSA) is 594 Å². The Morgan fingerprint density at radius 3 is 0.831 bits per heavy atom. The molecule has 0 bridgehead atoms. The van der Waals surface area contributed by atoms with Crippen LogP contribution in [0.1, 0.15) is 142 Å². The lowest BCUT2D eigenvalue weighted by Crippen LogP contribution is -2.59. The molecule has 0 saturated carbocycles. The van der Waals surface area contributed by atoms with E-state index in [0.29, 0.717) is 45.1 Å². The fraction of sp³-hybridized carbons (Fsp3) is 0.804. The van der Waals surface area contributed by atoms with Gasteiger partial charge in [-0.15, -0.1) is 0 Å². The Balaban J connectivity index is 7.15. The van der Waals surface area contributed by atoms with Crippen LogP contribution in [0.2, 0.25) is 0 Å². The molecule has 12 N–H and O–H groups in total. The van der Waals surface area contributed by atoms with Gasteiger partial charge in [-0.05, 0) is 136 Å². The normalized spacial score (nSPS) is 12.8. The van der Waals surface area contributed by atoms with Crippen molar-refractivity contribution in [2.24, 2.45) is 42.2 Å². The zero-order valence-corrected chi connectivity index (χ0v) is 46.9. The highest BCUT2D eigenvalue weighted by atomic mass is 16.2. The Kier molecular flexibility index (Phi) is 43.6. The average molecular weight is 1170 g/mol. The zero-order valence-electron chi connectivity index (χ0n) is 46.9. The van der Waals surface area contributed by atoms with Crippen LogP contribution in [0, 0.1) is 0 Å². The SMILES string of the molecule is CC(=O)N[C@@H](CCCCN=[N+]=[N-])C(=O)N[C@@H](CCCCN=[N+]=[N-])C(=O)N[C@@H](CCCCN=[N+]=[N-])C(=O)N[C@@H](CCCCN=[N+]=[N-])C(=O)N[C@@H](CCCCN=[N+]=[N-])C(=O)N[C@@H](CCCCN=[N+]=[N-])C(=O)NCC(=O)N[C@@H](CCCCN)C(N)=O. The predicted octanol–water partition coefficient (Wildman–Crippen LogP) is 4.01. The smallest absolute Gasteiger partial charge is 0.243 e. The largest absolute Gasteiger partial charge is 0.368 e. The fourth-order valence-electron chi connectivity index (χ4n) is 7.99. The van der Waals surface area contributed by atoms with E-state index in [0.717, 1.165) is 0 Å². The van der Waals surface area contributed by atoms with Crippen molar-refractivity contribution >= 4 is 53.2 Å². The molecule has 0 fully saturated rings. The number of primary amides is 1. The maximum absolute atomic E-state index is 14.5. The summed E-state index contributed by atoms with van der Waals surface area (Å²) < 4.78 is 0. The Bertz CT molecular complexity index is 2360. The first-order valence-electron chi connectivity index (χ1n) is 27.4. The third-order valence-electron chi connectivity index (χ3n) is 12.3. The molecule has 0 spiro atoms. The molecule has 7 atom stereocenters. The van der Waals surface area contributed by atoms with Gasteiger partial charge in [0.1, 0.15) is 42.3 Å². The van der Waals surface area contributed by atoms with Crippen molar-refractivity contribution in [3.8, 4) is 0 Å². The van der Waals surface area contributed by atoms with Gasteiger partial charge < -0.3 is 54.0 Å². The maximum Gasteiger partial charge on any atom is 0.243 e. The Morgan fingerprint density at radius 1 is 0.349 bits per heavy atom. The third-order valence-corrected chi connectivity index (χ3v) is 12.3. The monoisotopic (exact) mass is 1170 g/mol. The summed E-state index contributed by atoms with van der Waals surface area (Å²) in [4.78, 5) is 138. The number of nitrogens with zero attached hydrogens (tertiary/aromatic N) is 18. The molecule has 0 aliphatic heterocycles. The van der Waals surface area contributed by atoms with Crippen LogP contribution < -0.4 is 54.0 Å². The van der Waals surface area contributed by atoms with Crippen LogP contribution in [0.3, 0.4) is 0 Å². The number of hydrogen-bond acceptors (Lipinski definition) is 16. The molecule has 37 nitrogen and oxygen atoms in total. The van der Waals surface area contributed by atoms with E-state index in [9.17, 15) is 43.2 Å². The molecular formula is C46H80N28O9. The molecule has 0 heterocycles. The van der Waals surface area contributed by atoms with Gasteiger partial charge in [-0.25, -0.2) is 0 Å². The number of rotatable bonds is 50. The molecule has 0 aromatic rings. The molecule has 0 radical (unpaired) electrons. The second kappa shape index (κ2) is 48.9. The van der Waals surface area contributed by atoms with Crippen LogP contribution in [-0.2, 0) is 43.2 Å². The summed E-state index contributed by atoms with van der Waals surface area (Å²) >= 11 is 0. The second-order valence-electron chi connectivity index (χ2n) is 18.8. The van der Waals surface area contributed by atoms with Gasteiger partial charge in [0.25, 0.3) is 0 Å². The molecule has 458 valence electrons. The van der Waals surface area contributed by atoms with E-state index >= 15 is 0 Å². The highest BCUT2D eigenvalue weighted by Gasteiger charge is 2.33. The predicted molar refractivity (Wildman–Crippen MR) is 301 cm³/mol. The summed E-state index contributed by atoms with van der Waals surface area (Å²) in [5.41, 5.74) is 63.8. The van der Waals surface area contributed by atoms with E-state index in [-0.39, 0.29) is 136 Å². The molecule has 0 saturated heterocycles. The molecule has 0 aromatic carbocycles. The van der Waals surface area contributed by atoms with E-state index in [1.54, 1.807) is 0 Å². The first kappa shape index (κ1) is 74.0. The minimum absolute atomic E-state index is 0.0157. The standard InChI is InChI=1S/C46H80N28O9/c1-31(75)62-34(18-4-11-25-57-70-50)42(79)65-36(20-6-13-27-59-72-52)44(81)67-38(22-8-15-29-61-74-54)46(83)68-37(21-7-14-28-60-73-53)45(82)66-35(19-5-12-26-58-71-51)43(80)64-33(17-3-10-24-56-69-49)41(78)55-30-39(76)63-32(40(48)77)16-2-9-23-47/h32-38H,2-30,47H2,1H3,(H2,48,77)(H,55,78)(H,62,75)(H,63,76)(H,64,80)(H,65,79)(H,66,82)(H,67,81)(H,68,83)/t32-,33-,34-,35-,36-,37-,38-/m0/s1. The van der Waals surface area contributed by atoms with Crippen molar-refractivity contribution in [1.29, 1.82) is 0 Å². The summed E-state index contributed by atoms with van der Waals surface area (Å²) in [6.45, 7) is 1.24. The van der Waals surface area contributed by atoms with Crippen molar-refractivity contribution < 1.29 is 43.2 Å². The number of carbonyl (C=O) groups is 9. The maximum atomic E-state index is 14.5. The van der Waals surface area contributed by atoms with Gasteiger partial charge in [0, 0.05) is 75.7 Å². The lowest BCUT2D eigenvalue weighted by Gasteiger charge is -2.28. The summed E-state index contributed by atoms with van der Waals surface area (Å²) in [6, 6.07) is -9.12. The van der Waals surface area contributed by atoms with E-state index in [2.05, 4.69) is 103 Å². The van der Waals surface area contributed by atoms with E-state index in [1.807, 2.05) is 0 Å². The van der Waals surface area contributed by atoms with Gasteiger partial charge in [0.05, 0.1) is 6.54 Å². The van der Waals surface area contributed by atoms with Gasteiger partial charge >= 0.3 is 0 Å². The van der Waals surface area contributed by atoms with Gasteiger partial charge in [-0.3, -0.25) is 43.2 Å². The van der Waals surface area contributed by atoms with Crippen LogP contribution in [0.5, 0.6) is 0 Å². The number of nitrogens with one attached hydrogen (secondary N) is 8. The van der Waals surface area contributed by atoms with Gasteiger partial charge in [-0.2, -0.15) is 0 Å². The van der Waals surface area contributed by atoms with Crippen molar-refractivity contribution in [3.63, 3.8) is 0 Å². The molecule has 9 amide bonds. The van der Waals surface area contributed by atoms with Crippen molar-refractivity contribution in [2.45, 2.75) is 184 Å². The Morgan fingerprint density at radius 2 is 0.590 bits per heavy atom. The van der Waals surface area contributed by atoms with Crippen molar-refractivity contribution in [3.05, 3.63) is 62.7 Å². The molecule has 0 unspecified atom stereocenters. The number of nitrogens with two attached hydrogens (primary N) is 2. The summed E-state index contributed by atoms with van der Waals surface area (Å²) in [7, 11) is 0. The first-order chi connectivity index (χ1) is 40.0. The number of azide groups is 6. The molecule has 0 aliphatic rings. The molecule has 0 rings (SSSR count). The highest BCUT2D eigenvalue weighted by Crippen LogP contribution is 2.13. The fourth-order valence-corrected chi connectivity index (χ4v) is 7.99. The number of carbonyl (C=O) groups excluding carboxylic acids is 9. The zero-order chi connectivity index (χ0) is 61.9. The average Bonchev–Trinajstić information content (AvgIpc) is 3.50. The van der Waals surface area contributed by atoms with Crippen LogP contribution >= 0.6 is 0 Å².